The lowest BCUT2D eigenvalue weighted by atomic mass is 10.1. The van der Waals surface area contributed by atoms with Gasteiger partial charge in [-0.05, 0) is 31.5 Å². The summed E-state index contributed by atoms with van der Waals surface area (Å²) < 4.78 is 64.3. The molecule has 23 heavy (non-hydrogen) atoms. The summed E-state index contributed by atoms with van der Waals surface area (Å²) in [4.78, 5) is 10.9. The van der Waals surface area contributed by atoms with Gasteiger partial charge in [0.1, 0.15) is 0 Å². The van der Waals surface area contributed by atoms with Gasteiger partial charge in [-0.1, -0.05) is 13.0 Å². The average molecular weight is 346 g/mol. The molecule has 0 atom stereocenters. The quantitative estimate of drug-likeness (QED) is 0.849. The first-order chi connectivity index (χ1) is 10.5. The maximum atomic E-state index is 12.9. The van der Waals surface area contributed by atoms with E-state index >= 15 is 0 Å². The molecule has 1 aromatic carbocycles. The third kappa shape index (κ3) is 4.56. The van der Waals surface area contributed by atoms with E-state index in [4.69, 9.17) is 5.26 Å². The molecule has 9 heteroatoms. The van der Waals surface area contributed by atoms with E-state index in [1.807, 2.05) is 0 Å². The minimum atomic E-state index is -4.89. The van der Waals surface area contributed by atoms with Crippen molar-refractivity contribution >= 4 is 15.9 Å². The van der Waals surface area contributed by atoms with Gasteiger partial charge in [-0.2, -0.15) is 18.4 Å². The van der Waals surface area contributed by atoms with Crippen LogP contribution in [-0.2, 0) is 21.0 Å². The summed E-state index contributed by atoms with van der Waals surface area (Å²) in [7, 11) is -4.48. The van der Waals surface area contributed by atoms with Crippen molar-refractivity contribution in [3.05, 3.63) is 41.0 Å². The molecular formula is C14H13F3N2O3S. The minimum absolute atomic E-state index is 0.126. The number of nitriles is 1. The number of carbonyl (C=O) groups excluding carboxylic acids is 1. The number of hydrogen-bond donors (Lipinski definition) is 1. The summed E-state index contributed by atoms with van der Waals surface area (Å²) in [6.45, 7) is 3.12. The van der Waals surface area contributed by atoms with Crippen LogP contribution in [0.1, 0.15) is 31.4 Å². The molecule has 0 unspecified atom stereocenters. The predicted molar refractivity (Wildman–Crippen MR) is 75.5 cm³/mol. The molecule has 0 aliphatic carbocycles. The highest BCUT2D eigenvalue weighted by Crippen LogP contribution is 2.33. The van der Waals surface area contributed by atoms with Gasteiger partial charge in [0.2, 0.25) is 0 Å². The number of amides is 1. The van der Waals surface area contributed by atoms with Gasteiger partial charge < -0.3 is 0 Å². The van der Waals surface area contributed by atoms with Gasteiger partial charge in [-0.15, -0.1) is 0 Å². The summed E-state index contributed by atoms with van der Waals surface area (Å²) in [6, 6.07) is 3.25. The van der Waals surface area contributed by atoms with E-state index in [1.54, 1.807) is 11.6 Å². The Morgan fingerprint density at radius 1 is 1.39 bits per heavy atom. The molecule has 0 saturated carbocycles. The molecule has 0 heterocycles. The van der Waals surface area contributed by atoms with Crippen molar-refractivity contribution in [1.29, 1.82) is 5.26 Å². The molecule has 0 fully saturated rings. The standard InChI is InChI=1S/C14H13F3N2O3S/c1-3-4-9(2)13(20)19-23(21,22)11-6-5-10(8-18)12(7-11)14(15,16)17/h4-7H,3H2,1-2H3,(H,19,20). The molecule has 5 nitrogen and oxygen atoms in total. The molecule has 1 N–H and O–H groups in total. The zero-order valence-corrected chi connectivity index (χ0v) is 13.0. The zero-order chi connectivity index (χ0) is 17.8. The third-order valence-electron chi connectivity index (χ3n) is 2.82. The highest BCUT2D eigenvalue weighted by atomic mass is 32.2. The van der Waals surface area contributed by atoms with Crippen LogP contribution in [0.4, 0.5) is 13.2 Å². The normalized spacial score (nSPS) is 12.6. The summed E-state index contributed by atoms with van der Waals surface area (Å²) in [5.41, 5.74) is -1.96. The Labute approximate surface area is 131 Å². The average Bonchev–Trinajstić information content (AvgIpc) is 2.45. The first kappa shape index (κ1) is 18.7. The zero-order valence-electron chi connectivity index (χ0n) is 12.2. The molecule has 0 radical (unpaired) electrons. The Bertz CT molecular complexity index is 790. The van der Waals surface area contributed by atoms with Crippen molar-refractivity contribution < 1.29 is 26.4 Å². The van der Waals surface area contributed by atoms with E-state index in [9.17, 15) is 26.4 Å². The van der Waals surface area contributed by atoms with Gasteiger partial charge in [0, 0.05) is 5.57 Å². The third-order valence-corrected chi connectivity index (χ3v) is 4.15. The van der Waals surface area contributed by atoms with E-state index < -0.39 is 38.1 Å². The molecule has 1 amide bonds. The van der Waals surface area contributed by atoms with Crippen molar-refractivity contribution in [2.75, 3.05) is 0 Å². The van der Waals surface area contributed by atoms with Gasteiger partial charge in [0.15, 0.2) is 0 Å². The molecule has 124 valence electrons. The number of alkyl halides is 3. The van der Waals surface area contributed by atoms with Crippen LogP contribution in [0.15, 0.2) is 34.7 Å². The molecule has 0 saturated heterocycles. The summed E-state index contributed by atoms with van der Waals surface area (Å²) >= 11 is 0. The second-order valence-corrected chi connectivity index (χ2v) is 6.23. The Hall–Kier alpha value is -2.34. The summed E-state index contributed by atoms with van der Waals surface area (Å²) in [6.07, 6.45) is -2.92. The molecule has 0 aliphatic heterocycles. The van der Waals surface area contributed by atoms with Crippen LogP contribution in [0.2, 0.25) is 0 Å². The second-order valence-electron chi connectivity index (χ2n) is 4.55. The molecule has 1 rings (SSSR count). The Kier molecular flexibility index (Phi) is 5.56. The lowest BCUT2D eigenvalue weighted by molar-refractivity contribution is -0.137. The fraction of sp³-hybridized carbons (Fsp3) is 0.286. The van der Waals surface area contributed by atoms with Crippen LogP contribution < -0.4 is 4.72 Å². The van der Waals surface area contributed by atoms with E-state index in [0.29, 0.717) is 12.5 Å². The van der Waals surface area contributed by atoms with Crippen LogP contribution in [0, 0.1) is 11.3 Å². The van der Waals surface area contributed by atoms with Crippen molar-refractivity contribution in [1.82, 2.24) is 4.72 Å². The van der Waals surface area contributed by atoms with E-state index in [2.05, 4.69) is 0 Å². The predicted octanol–water partition coefficient (Wildman–Crippen LogP) is 2.74. The number of rotatable bonds is 4. The first-order valence-corrected chi connectivity index (χ1v) is 7.86. The van der Waals surface area contributed by atoms with Gasteiger partial charge in [-0.3, -0.25) is 4.79 Å². The smallest absolute Gasteiger partial charge is 0.269 e. The van der Waals surface area contributed by atoms with Crippen LogP contribution >= 0.6 is 0 Å². The molecule has 0 spiro atoms. The molecule has 1 aromatic rings. The first-order valence-electron chi connectivity index (χ1n) is 6.38. The fourth-order valence-electron chi connectivity index (χ4n) is 1.68. The Balaban J connectivity index is 3.28. The molecule has 0 bridgehead atoms. The van der Waals surface area contributed by atoms with Crippen LogP contribution in [0.5, 0.6) is 0 Å². The Morgan fingerprint density at radius 3 is 2.48 bits per heavy atom. The summed E-state index contributed by atoms with van der Waals surface area (Å²) in [5, 5.41) is 8.68. The monoisotopic (exact) mass is 346 g/mol. The lowest BCUT2D eigenvalue weighted by Crippen LogP contribution is -2.31. The highest BCUT2D eigenvalue weighted by Gasteiger charge is 2.35. The number of nitrogens with one attached hydrogen (secondary N) is 1. The number of carbonyl (C=O) groups is 1. The van der Waals surface area contributed by atoms with Gasteiger partial charge in [0.05, 0.1) is 22.1 Å². The fourth-order valence-corrected chi connectivity index (χ4v) is 2.73. The van der Waals surface area contributed by atoms with Crippen molar-refractivity contribution in [3.63, 3.8) is 0 Å². The van der Waals surface area contributed by atoms with Crippen molar-refractivity contribution in [2.24, 2.45) is 0 Å². The van der Waals surface area contributed by atoms with E-state index in [-0.39, 0.29) is 5.57 Å². The second kappa shape index (κ2) is 6.83. The lowest BCUT2D eigenvalue weighted by Gasteiger charge is -2.12. The van der Waals surface area contributed by atoms with Crippen LogP contribution in [-0.4, -0.2) is 14.3 Å². The SMILES string of the molecule is CCC=C(C)C(=O)NS(=O)(=O)c1ccc(C#N)c(C(F)(F)F)c1. The van der Waals surface area contributed by atoms with Crippen molar-refractivity contribution in [3.8, 4) is 6.07 Å². The number of halogens is 3. The van der Waals surface area contributed by atoms with Crippen LogP contribution in [0.25, 0.3) is 0 Å². The maximum Gasteiger partial charge on any atom is 0.417 e. The number of allylic oxidation sites excluding steroid dienone is 1. The number of sulfonamides is 1. The van der Waals surface area contributed by atoms with Gasteiger partial charge in [-0.25, -0.2) is 13.1 Å². The number of benzene rings is 1. The molecule has 0 aliphatic rings. The van der Waals surface area contributed by atoms with Crippen molar-refractivity contribution in [2.45, 2.75) is 31.3 Å². The Morgan fingerprint density at radius 2 is 2.00 bits per heavy atom. The van der Waals surface area contributed by atoms with Gasteiger partial charge >= 0.3 is 6.18 Å². The topological polar surface area (TPSA) is 87.0 Å². The van der Waals surface area contributed by atoms with Gasteiger partial charge in [0.25, 0.3) is 15.9 Å². The summed E-state index contributed by atoms with van der Waals surface area (Å²) in [5.74, 6) is -0.926. The largest absolute Gasteiger partial charge is 0.417 e. The molecule has 0 aromatic heterocycles. The highest BCUT2D eigenvalue weighted by molar-refractivity contribution is 7.90. The van der Waals surface area contributed by atoms with E-state index in [1.165, 1.54) is 19.1 Å². The maximum absolute atomic E-state index is 12.9. The number of hydrogen-bond acceptors (Lipinski definition) is 4. The van der Waals surface area contributed by atoms with Crippen LogP contribution in [0.3, 0.4) is 0 Å². The van der Waals surface area contributed by atoms with E-state index in [0.717, 1.165) is 12.1 Å². The molecular weight excluding hydrogens is 333 g/mol. The number of nitrogens with zero attached hydrogens (tertiary/aromatic N) is 1. The minimum Gasteiger partial charge on any atom is -0.269 e.